The van der Waals surface area contributed by atoms with E-state index in [4.69, 9.17) is 18.9 Å². The van der Waals surface area contributed by atoms with Crippen LogP contribution in [0.2, 0.25) is 0 Å². The number of para-hydroxylation sites is 1. The van der Waals surface area contributed by atoms with Crippen LogP contribution in [0.5, 0.6) is 23.0 Å². The maximum Gasteiger partial charge on any atom is 0.267 e. The molecule has 0 radical (unpaired) electrons. The highest BCUT2D eigenvalue weighted by atomic mass is 16.5. The van der Waals surface area contributed by atoms with Crippen molar-refractivity contribution in [2.24, 2.45) is 0 Å². The summed E-state index contributed by atoms with van der Waals surface area (Å²) in [7, 11) is 3.05. The van der Waals surface area contributed by atoms with Crippen LogP contribution < -0.4 is 29.2 Å². The van der Waals surface area contributed by atoms with Crippen LogP contribution in [0.4, 0.5) is 11.4 Å². The Bertz CT molecular complexity index is 1200. The van der Waals surface area contributed by atoms with Gasteiger partial charge in [0.25, 0.3) is 11.8 Å². The minimum atomic E-state index is -0.593. The van der Waals surface area contributed by atoms with E-state index in [0.717, 1.165) is 5.75 Å². The standard InChI is InChI=1S/C27H28N2O6/c1-18-27(31)29(14-7-15-34-21-8-5-4-6-9-21)22-17-20(11-13-23(22)35-18)28-26(30)19-10-12-24(32-2)25(16-19)33-3/h4-6,8-13,16-18H,7,14-15H2,1-3H3,(H,28,30). The molecule has 3 aromatic carbocycles. The van der Waals surface area contributed by atoms with E-state index in [1.807, 2.05) is 30.3 Å². The number of ether oxygens (including phenoxy) is 4. The Hall–Kier alpha value is -4.20. The molecule has 1 heterocycles. The Kier molecular flexibility index (Phi) is 7.40. The van der Waals surface area contributed by atoms with Gasteiger partial charge in [0, 0.05) is 17.8 Å². The topological polar surface area (TPSA) is 86.3 Å². The normalized spacial score (nSPS) is 14.5. The fourth-order valence-corrected chi connectivity index (χ4v) is 3.83. The second-order valence-electron chi connectivity index (χ2n) is 7.97. The minimum Gasteiger partial charge on any atom is -0.494 e. The third-order valence-corrected chi connectivity index (χ3v) is 5.61. The summed E-state index contributed by atoms with van der Waals surface area (Å²) in [6.07, 6.45) is 0.0411. The van der Waals surface area contributed by atoms with E-state index in [2.05, 4.69) is 5.32 Å². The Morgan fingerprint density at radius 2 is 1.77 bits per heavy atom. The van der Waals surface area contributed by atoms with Gasteiger partial charge in [-0.1, -0.05) is 18.2 Å². The summed E-state index contributed by atoms with van der Waals surface area (Å²) < 4.78 is 22.1. The van der Waals surface area contributed by atoms with Gasteiger partial charge in [0.05, 0.1) is 26.5 Å². The molecule has 182 valence electrons. The molecule has 0 aromatic heterocycles. The Balaban J connectivity index is 1.47. The van der Waals surface area contributed by atoms with Crippen molar-refractivity contribution in [2.75, 3.05) is 37.6 Å². The number of methoxy groups -OCH3 is 2. The number of nitrogens with one attached hydrogen (secondary N) is 1. The lowest BCUT2D eigenvalue weighted by molar-refractivity contribution is -0.125. The Morgan fingerprint density at radius 3 is 2.51 bits per heavy atom. The SMILES string of the molecule is COc1ccc(C(=O)Nc2ccc3c(c2)N(CCCOc2ccccc2)C(=O)C(C)O3)cc1OC. The fourth-order valence-electron chi connectivity index (χ4n) is 3.83. The summed E-state index contributed by atoms with van der Waals surface area (Å²) in [4.78, 5) is 27.4. The lowest BCUT2D eigenvalue weighted by Crippen LogP contribution is -2.45. The summed E-state index contributed by atoms with van der Waals surface area (Å²) >= 11 is 0. The van der Waals surface area contributed by atoms with E-state index in [9.17, 15) is 9.59 Å². The first-order chi connectivity index (χ1) is 17.0. The predicted molar refractivity (Wildman–Crippen MR) is 133 cm³/mol. The first-order valence-corrected chi connectivity index (χ1v) is 11.3. The number of hydrogen-bond acceptors (Lipinski definition) is 6. The van der Waals surface area contributed by atoms with Crippen LogP contribution in [-0.4, -0.2) is 45.3 Å². The average Bonchev–Trinajstić information content (AvgIpc) is 2.89. The van der Waals surface area contributed by atoms with Crippen LogP contribution in [0, 0.1) is 0 Å². The van der Waals surface area contributed by atoms with Crippen LogP contribution >= 0.6 is 0 Å². The summed E-state index contributed by atoms with van der Waals surface area (Å²) in [6.45, 7) is 2.65. The molecular formula is C27H28N2O6. The molecule has 3 aromatic rings. The molecule has 8 nitrogen and oxygen atoms in total. The monoisotopic (exact) mass is 476 g/mol. The molecule has 1 unspecified atom stereocenters. The highest BCUT2D eigenvalue weighted by molar-refractivity contribution is 6.06. The quantitative estimate of drug-likeness (QED) is 0.457. The highest BCUT2D eigenvalue weighted by Gasteiger charge is 2.31. The van der Waals surface area contributed by atoms with Gasteiger partial charge in [-0.2, -0.15) is 0 Å². The molecule has 0 saturated carbocycles. The molecule has 4 rings (SSSR count). The van der Waals surface area contributed by atoms with Crippen LogP contribution in [0.1, 0.15) is 23.7 Å². The molecule has 1 aliphatic rings. The van der Waals surface area contributed by atoms with Crippen molar-refractivity contribution >= 4 is 23.2 Å². The van der Waals surface area contributed by atoms with Crippen LogP contribution in [0.15, 0.2) is 66.7 Å². The molecule has 1 aliphatic heterocycles. The molecule has 1 N–H and O–H groups in total. The lowest BCUT2D eigenvalue weighted by atomic mass is 10.1. The molecule has 2 amide bonds. The third-order valence-electron chi connectivity index (χ3n) is 5.61. The van der Waals surface area contributed by atoms with Crippen molar-refractivity contribution < 1.29 is 28.5 Å². The Labute approximate surface area is 204 Å². The van der Waals surface area contributed by atoms with Crippen molar-refractivity contribution in [2.45, 2.75) is 19.4 Å². The van der Waals surface area contributed by atoms with Crippen LogP contribution in [0.3, 0.4) is 0 Å². The molecule has 1 atom stereocenters. The fraction of sp³-hybridized carbons (Fsp3) is 0.259. The van der Waals surface area contributed by atoms with Gasteiger partial charge < -0.3 is 29.2 Å². The number of benzene rings is 3. The minimum absolute atomic E-state index is 0.138. The molecule has 0 spiro atoms. The molecule has 0 bridgehead atoms. The first-order valence-electron chi connectivity index (χ1n) is 11.3. The number of carbonyl (C=O) groups is 2. The van der Waals surface area contributed by atoms with Gasteiger partial charge in [-0.25, -0.2) is 0 Å². The van der Waals surface area contributed by atoms with Crippen molar-refractivity contribution in [1.82, 2.24) is 0 Å². The molecule has 0 fully saturated rings. The van der Waals surface area contributed by atoms with Crippen molar-refractivity contribution in [3.05, 3.63) is 72.3 Å². The summed E-state index contributed by atoms with van der Waals surface area (Å²) in [6, 6.07) is 19.7. The van der Waals surface area contributed by atoms with Gasteiger partial charge in [0.15, 0.2) is 17.6 Å². The number of amides is 2. The zero-order chi connectivity index (χ0) is 24.8. The number of nitrogens with zero attached hydrogens (tertiary/aromatic N) is 1. The number of fused-ring (bicyclic) bond motifs is 1. The van der Waals surface area contributed by atoms with E-state index < -0.39 is 6.10 Å². The van der Waals surface area contributed by atoms with E-state index in [1.165, 1.54) is 14.2 Å². The van der Waals surface area contributed by atoms with E-state index in [1.54, 1.807) is 48.2 Å². The largest absolute Gasteiger partial charge is 0.494 e. The van der Waals surface area contributed by atoms with Crippen molar-refractivity contribution in [1.29, 1.82) is 0 Å². The second-order valence-corrected chi connectivity index (χ2v) is 7.97. The van der Waals surface area contributed by atoms with Gasteiger partial charge in [0.1, 0.15) is 11.5 Å². The lowest BCUT2D eigenvalue weighted by Gasteiger charge is -2.33. The summed E-state index contributed by atoms with van der Waals surface area (Å²) in [5.74, 6) is 1.92. The van der Waals surface area contributed by atoms with Crippen molar-refractivity contribution in [3.63, 3.8) is 0 Å². The second kappa shape index (κ2) is 10.8. The summed E-state index contributed by atoms with van der Waals surface area (Å²) in [5.41, 5.74) is 1.56. The molecule has 35 heavy (non-hydrogen) atoms. The van der Waals surface area contributed by atoms with Gasteiger partial charge in [-0.15, -0.1) is 0 Å². The highest BCUT2D eigenvalue weighted by Crippen LogP contribution is 2.37. The zero-order valence-corrected chi connectivity index (χ0v) is 19.9. The third kappa shape index (κ3) is 5.48. The smallest absolute Gasteiger partial charge is 0.267 e. The van der Waals surface area contributed by atoms with E-state index in [-0.39, 0.29) is 11.8 Å². The van der Waals surface area contributed by atoms with Crippen LogP contribution in [-0.2, 0) is 4.79 Å². The van der Waals surface area contributed by atoms with Gasteiger partial charge >= 0.3 is 0 Å². The maximum absolute atomic E-state index is 12.9. The predicted octanol–water partition coefficient (Wildman–Crippen LogP) is 4.54. The molecule has 0 saturated heterocycles. The zero-order valence-electron chi connectivity index (χ0n) is 19.9. The van der Waals surface area contributed by atoms with Gasteiger partial charge in [0.2, 0.25) is 0 Å². The maximum atomic E-state index is 12.9. The Morgan fingerprint density at radius 1 is 1.00 bits per heavy atom. The molecule has 0 aliphatic carbocycles. The number of hydrogen-bond donors (Lipinski definition) is 1. The molecular weight excluding hydrogens is 448 g/mol. The average molecular weight is 477 g/mol. The summed E-state index contributed by atoms with van der Waals surface area (Å²) in [5, 5.41) is 2.88. The molecule has 8 heteroatoms. The van der Waals surface area contributed by atoms with Gasteiger partial charge in [-0.3, -0.25) is 9.59 Å². The van der Waals surface area contributed by atoms with E-state index in [0.29, 0.717) is 53.8 Å². The van der Waals surface area contributed by atoms with Crippen LogP contribution in [0.25, 0.3) is 0 Å². The first kappa shape index (κ1) is 23.9. The number of anilines is 2. The number of rotatable bonds is 9. The number of carbonyl (C=O) groups excluding carboxylic acids is 2. The van der Waals surface area contributed by atoms with E-state index >= 15 is 0 Å². The van der Waals surface area contributed by atoms with Gasteiger partial charge in [-0.05, 0) is 61.9 Å². The van der Waals surface area contributed by atoms with Crippen molar-refractivity contribution in [3.8, 4) is 23.0 Å².